The molecule has 26 heavy (non-hydrogen) atoms. The molecule has 2 aromatic carbocycles. The standard InChI is InChI=1S/C16H15BrO7S2/c1-25(18,19)14-6-7-15-16(8-14)24-12(9-22-15)10-23-26(20,21)13-4-2-11(17)3-5-13/h2-8,12H,9-10H2,1H3. The van der Waals surface area contributed by atoms with E-state index in [4.69, 9.17) is 13.7 Å². The summed E-state index contributed by atoms with van der Waals surface area (Å²) in [6.07, 6.45) is 0.395. The molecular weight excluding hydrogens is 448 g/mol. The Morgan fingerprint density at radius 1 is 1.04 bits per heavy atom. The van der Waals surface area contributed by atoms with Crippen LogP contribution in [0, 0.1) is 0 Å². The molecule has 7 nitrogen and oxygen atoms in total. The lowest BCUT2D eigenvalue weighted by Crippen LogP contribution is -2.34. The molecule has 1 aliphatic rings. The van der Waals surface area contributed by atoms with E-state index < -0.39 is 26.1 Å². The normalized spacial score (nSPS) is 17.1. The van der Waals surface area contributed by atoms with E-state index in [0.717, 1.165) is 10.7 Å². The van der Waals surface area contributed by atoms with Crippen LogP contribution < -0.4 is 9.47 Å². The summed E-state index contributed by atoms with van der Waals surface area (Å²) in [5.41, 5.74) is 0. The molecule has 1 unspecified atom stereocenters. The second-order valence-corrected chi connectivity index (χ2v) is 10.2. The molecule has 0 aromatic heterocycles. The lowest BCUT2D eigenvalue weighted by molar-refractivity contribution is 0.0552. The Morgan fingerprint density at radius 3 is 2.35 bits per heavy atom. The summed E-state index contributed by atoms with van der Waals surface area (Å²) in [7, 11) is -7.33. The average molecular weight is 463 g/mol. The third-order valence-electron chi connectivity index (χ3n) is 3.57. The maximum atomic E-state index is 12.2. The van der Waals surface area contributed by atoms with Crippen molar-refractivity contribution in [3.8, 4) is 11.5 Å². The van der Waals surface area contributed by atoms with Crippen molar-refractivity contribution in [2.75, 3.05) is 19.5 Å². The quantitative estimate of drug-likeness (QED) is 0.629. The first-order valence-corrected chi connectivity index (χ1v) is 11.5. The number of ether oxygens (including phenoxy) is 2. The fraction of sp³-hybridized carbons (Fsp3) is 0.250. The summed E-state index contributed by atoms with van der Waals surface area (Å²) in [4.78, 5) is 0.112. The fourth-order valence-corrected chi connectivity index (χ4v) is 4.08. The SMILES string of the molecule is CS(=O)(=O)c1ccc2c(c1)OC(COS(=O)(=O)c1ccc(Br)cc1)CO2. The third-order valence-corrected chi connectivity index (χ3v) is 6.51. The predicted octanol–water partition coefficient (Wildman–Crippen LogP) is 2.40. The average Bonchev–Trinajstić information content (AvgIpc) is 2.59. The van der Waals surface area contributed by atoms with Crippen molar-refractivity contribution in [1.82, 2.24) is 0 Å². The molecule has 10 heteroatoms. The molecule has 0 saturated carbocycles. The Morgan fingerprint density at radius 2 is 1.69 bits per heavy atom. The summed E-state index contributed by atoms with van der Waals surface area (Å²) >= 11 is 3.23. The van der Waals surface area contributed by atoms with Gasteiger partial charge in [-0.05, 0) is 36.4 Å². The molecule has 140 valence electrons. The van der Waals surface area contributed by atoms with Crippen molar-refractivity contribution >= 4 is 35.9 Å². The Labute approximate surface area is 160 Å². The zero-order valence-electron chi connectivity index (χ0n) is 13.6. The van der Waals surface area contributed by atoms with E-state index in [0.29, 0.717) is 5.75 Å². The van der Waals surface area contributed by atoms with Crippen molar-refractivity contribution < 1.29 is 30.5 Å². The van der Waals surface area contributed by atoms with Crippen molar-refractivity contribution in [3.63, 3.8) is 0 Å². The second-order valence-electron chi connectivity index (χ2n) is 5.62. The van der Waals surface area contributed by atoms with Crippen LogP contribution in [0.4, 0.5) is 0 Å². The molecule has 1 heterocycles. The van der Waals surface area contributed by atoms with Crippen LogP contribution in [0.3, 0.4) is 0 Å². The van der Waals surface area contributed by atoms with Gasteiger partial charge in [0.1, 0.15) is 13.2 Å². The van der Waals surface area contributed by atoms with Crippen molar-refractivity contribution in [1.29, 1.82) is 0 Å². The van der Waals surface area contributed by atoms with E-state index >= 15 is 0 Å². The van der Waals surface area contributed by atoms with Gasteiger partial charge in [-0.3, -0.25) is 4.18 Å². The minimum absolute atomic E-state index is 0.0252. The Bertz CT molecular complexity index is 1020. The number of hydrogen-bond acceptors (Lipinski definition) is 7. The Kier molecular flexibility index (Phi) is 5.29. The van der Waals surface area contributed by atoms with Gasteiger partial charge >= 0.3 is 0 Å². The van der Waals surface area contributed by atoms with E-state index in [2.05, 4.69) is 15.9 Å². The molecule has 0 saturated heterocycles. The van der Waals surface area contributed by atoms with Crippen LogP contribution in [0.1, 0.15) is 0 Å². The van der Waals surface area contributed by atoms with Gasteiger partial charge in [0.25, 0.3) is 10.1 Å². The number of rotatable bonds is 5. The molecule has 0 aliphatic carbocycles. The summed E-state index contributed by atoms with van der Waals surface area (Å²) in [5.74, 6) is 0.623. The Hall–Kier alpha value is -1.62. The number of sulfone groups is 1. The van der Waals surface area contributed by atoms with E-state index in [1.165, 1.54) is 30.3 Å². The number of halogens is 1. The molecular formula is C16H15BrO7S2. The van der Waals surface area contributed by atoms with Crippen molar-refractivity contribution in [2.45, 2.75) is 15.9 Å². The van der Waals surface area contributed by atoms with Crippen LogP contribution >= 0.6 is 15.9 Å². The lowest BCUT2D eigenvalue weighted by Gasteiger charge is -2.26. The van der Waals surface area contributed by atoms with Crippen molar-refractivity contribution in [2.24, 2.45) is 0 Å². The first kappa shape index (κ1) is 19.2. The topological polar surface area (TPSA) is 96.0 Å². The molecule has 0 spiro atoms. The van der Waals surface area contributed by atoms with E-state index in [1.807, 2.05) is 0 Å². The summed E-state index contributed by atoms with van der Waals surface area (Å²) < 4.78 is 64.6. The molecule has 1 atom stereocenters. The van der Waals surface area contributed by atoms with Gasteiger partial charge in [-0.15, -0.1) is 0 Å². The molecule has 0 bridgehead atoms. The minimum atomic E-state index is -3.94. The molecule has 2 aromatic rings. The maximum Gasteiger partial charge on any atom is 0.297 e. The minimum Gasteiger partial charge on any atom is -0.486 e. The fourth-order valence-electron chi connectivity index (χ4n) is 2.24. The molecule has 1 aliphatic heterocycles. The summed E-state index contributed by atoms with van der Waals surface area (Å²) in [6, 6.07) is 10.3. The van der Waals surface area contributed by atoms with E-state index in [1.54, 1.807) is 12.1 Å². The predicted molar refractivity (Wildman–Crippen MR) is 96.7 cm³/mol. The van der Waals surface area contributed by atoms with Crippen LogP contribution in [-0.2, 0) is 24.1 Å². The highest BCUT2D eigenvalue weighted by atomic mass is 79.9. The highest BCUT2D eigenvalue weighted by molar-refractivity contribution is 9.10. The summed E-state index contributed by atoms with van der Waals surface area (Å²) in [6.45, 7) is -0.179. The highest BCUT2D eigenvalue weighted by Crippen LogP contribution is 2.34. The van der Waals surface area contributed by atoms with Gasteiger partial charge in [-0.2, -0.15) is 8.42 Å². The maximum absolute atomic E-state index is 12.2. The van der Waals surface area contributed by atoms with Crippen LogP contribution in [0.15, 0.2) is 56.7 Å². The van der Waals surface area contributed by atoms with Crippen LogP contribution in [-0.4, -0.2) is 42.4 Å². The lowest BCUT2D eigenvalue weighted by atomic mass is 10.2. The summed E-state index contributed by atoms with van der Waals surface area (Å²) in [5, 5.41) is 0. The molecule has 0 radical (unpaired) electrons. The molecule has 0 fully saturated rings. The Balaban J connectivity index is 1.70. The molecule has 0 amide bonds. The molecule has 3 rings (SSSR count). The smallest absolute Gasteiger partial charge is 0.297 e. The number of benzene rings is 2. The van der Waals surface area contributed by atoms with Gasteiger partial charge in [0.15, 0.2) is 27.4 Å². The van der Waals surface area contributed by atoms with Crippen LogP contribution in [0.25, 0.3) is 0 Å². The number of hydrogen-bond donors (Lipinski definition) is 0. The molecule has 0 N–H and O–H groups in total. The van der Waals surface area contributed by atoms with E-state index in [-0.39, 0.29) is 28.8 Å². The second kappa shape index (κ2) is 7.18. The zero-order valence-corrected chi connectivity index (χ0v) is 16.8. The first-order chi connectivity index (χ1) is 12.1. The van der Waals surface area contributed by atoms with Crippen molar-refractivity contribution in [3.05, 3.63) is 46.9 Å². The van der Waals surface area contributed by atoms with Gasteiger partial charge < -0.3 is 9.47 Å². The van der Waals surface area contributed by atoms with E-state index in [9.17, 15) is 16.8 Å². The third kappa shape index (κ3) is 4.37. The van der Waals surface area contributed by atoms with Gasteiger partial charge in [0.05, 0.1) is 9.79 Å². The van der Waals surface area contributed by atoms with Gasteiger partial charge in [0.2, 0.25) is 0 Å². The van der Waals surface area contributed by atoms with Gasteiger partial charge in [0, 0.05) is 16.8 Å². The van der Waals surface area contributed by atoms with Crippen LogP contribution in [0.5, 0.6) is 11.5 Å². The first-order valence-electron chi connectivity index (χ1n) is 7.44. The zero-order chi connectivity index (χ0) is 18.9. The van der Waals surface area contributed by atoms with Gasteiger partial charge in [-0.1, -0.05) is 15.9 Å². The largest absolute Gasteiger partial charge is 0.486 e. The number of fused-ring (bicyclic) bond motifs is 1. The highest BCUT2D eigenvalue weighted by Gasteiger charge is 2.26. The van der Waals surface area contributed by atoms with Crippen LogP contribution in [0.2, 0.25) is 0 Å². The van der Waals surface area contributed by atoms with Gasteiger partial charge in [-0.25, -0.2) is 8.42 Å². The monoisotopic (exact) mass is 462 g/mol.